The zero-order valence-electron chi connectivity index (χ0n) is 13.9. The Balaban J connectivity index is 2.20. The van der Waals surface area contributed by atoms with Gasteiger partial charge in [0, 0.05) is 6.42 Å². The van der Waals surface area contributed by atoms with E-state index in [9.17, 15) is 4.39 Å². The molecule has 0 atom stereocenters. The molecule has 0 spiro atoms. The second kappa shape index (κ2) is 6.46. The quantitative estimate of drug-likeness (QED) is 0.598. The van der Waals surface area contributed by atoms with Crippen molar-refractivity contribution >= 4 is 12.6 Å². The van der Waals surface area contributed by atoms with Crippen molar-refractivity contribution in [3.63, 3.8) is 0 Å². The third-order valence-corrected chi connectivity index (χ3v) is 4.25. The van der Waals surface area contributed by atoms with Gasteiger partial charge in [-0.1, -0.05) is 6.07 Å². The summed E-state index contributed by atoms with van der Waals surface area (Å²) in [6.45, 7) is 7.94. The first-order valence-corrected chi connectivity index (χ1v) is 7.53. The number of rotatable bonds is 6. The maximum absolute atomic E-state index is 12.2. The van der Waals surface area contributed by atoms with E-state index in [2.05, 4.69) is 0 Å². The summed E-state index contributed by atoms with van der Waals surface area (Å²) in [6, 6.07) is 5.54. The molecule has 1 aromatic carbocycles. The lowest BCUT2D eigenvalue weighted by Crippen LogP contribution is -2.41. The summed E-state index contributed by atoms with van der Waals surface area (Å²) in [6.07, 6.45) is 0.351. The van der Waals surface area contributed by atoms with Crippen molar-refractivity contribution in [3.05, 3.63) is 18.2 Å². The fraction of sp³-hybridized carbons (Fsp3) is 0.625. The van der Waals surface area contributed by atoms with Gasteiger partial charge in [-0.25, -0.2) is 0 Å². The number of hydrogen-bond donors (Lipinski definition) is 0. The smallest absolute Gasteiger partial charge is 0.493 e. The van der Waals surface area contributed by atoms with E-state index in [0.29, 0.717) is 24.5 Å². The number of hydrogen-bond acceptors (Lipinski definition) is 4. The number of halogens is 1. The minimum Gasteiger partial charge on any atom is -0.493 e. The van der Waals surface area contributed by atoms with Crippen LogP contribution in [0.15, 0.2) is 18.2 Å². The lowest BCUT2D eigenvalue weighted by molar-refractivity contribution is 0.00578. The van der Waals surface area contributed by atoms with Crippen LogP contribution in [0.25, 0.3) is 0 Å². The Hall–Kier alpha value is -1.27. The predicted octanol–water partition coefficient (Wildman–Crippen LogP) is 2.73. The molecule has 1 aromatic rings. The minimum atomic E-state index is -0.459. The molecule has 0 amide bonds. The van der Waals surface area contributed by atoms with Crippen molar-refractivity contribution in [3.8, 4) is 11.5 Å². The molecule has 0 radical (unpaired) electrons. The van der Waals surface area contributed by atoms with Crippen molar-refractivity contribution < 1.29 is 23.2 Å². The summed E-state index contributed by atoms with van der Waals surface area (Å²) < 4.78 is 35.1. The van der Waals surface area contributed by atoms with E-state index >= 15 is 0 Å². The summed E-state index contributed by atoms with van der Waals surface area (Å²) in [7, 11) is 1.12. The summed E-state index contributed by atoms with van der Waals surface area (Å²) >= 11 is 0. The van der Waals surface area contributed by atoms with Crippen LogP contribution in [-0.4, -0.2) is 38.7 Å². The van der Waals surface area contributed by atoms with Crippen LogP contribution >= 0.6 is 0 Å². The van der Waals surface area contributed by atoms with Crippen LogP contribution in [0.4, 0.5) is 4.39 Å². The molecule has 1 aliphatic rings. The summed E-state index contributed by atoms with van der Waals surface area (Å²) in [5.74, 6) is 1.18. The molecule has 1 fully saturated rings. The molecule has 0 aromatic heterocycles. The minimum absolute atomic E-state index is 0.305. The fourth-order valence-electron chi connectivity index (χ4n) is 2.17. The van der Waals surface area contributed by atoms with Gasteiger partial charge in [-0.05, 0) is 45.3 Å². The molecule has 0 N–H and O–H groups in total. The van der Waals surface area contributed by atoms with Crippen LogP contribution in [0, 0.1) is 0 Å². The van der Waals surface area contributed by atoms with E-state index in [1.165, 1.54) is 0 Å². The maximum Gasteiger partial charge on any atom is 0.494 e. The van der Waals surface area contributed by atoms with E-state index in [4.69, 9.17) is 18.8 Å². The zero-order valence-corrected chi connectivity index (χ0v) is 13.9. The lowest BCUT2D eigenvalue weighted by Gasteiger charge is -2.32. The highest BCUT2D eigenvalue weighted by molar-refractivity contribution is 6.62. The largest absolute Gasteiger partial charge is 0.494 e. The molecule has 0 aliphatic carbocycles. The maximum atomic E-state index is 12.2. The Morgan fingerprint density at radius 1 is 1.09 bits per heavy atom. The van der Waals surface area contributed by atoms with Gasteiger partial charge in [0.25, 0.3) is 0 Å². The van der Waals surface area contributed by atoms with Gasteiger partial charge < -0.3 is 18.8 Å². The number of alkyl halides is 1. The van der Waals surface area contributed by atoms with Gasteiger partial charge in [-0.2, -0.15) is 0 Å². The Bertz CT molecular complexity index is 503. The zero-order chi connectivity index (χ0) is 16.4. The SMILES string of the molecule is COc1ccc(B2OC(C)(C)C(C)(C)O2)cc1OCCCF. The molecule has 22 heavy (non-hydrogen) atoms. The van der Waals surface area contributed by atoms with E-state index in [0.717, 1.165) is 5.46 Å². The van der Waals surface area contributed by atoms with E-state index in [-0.39, 0.29) is 0 Å². The molecule has 1 aliphatic heterocycles. The first-order valence-electron chi connectivity index (χ1n) is 7.53. The summed E-state index contributed by atoms with van der Waals surface area (Å²) in [4.78, 5) is 0. The number of benzene rings is 1. The number of methoxy groups -OCH3 is 1. The topological polar surface area (TPSA) is 36.9 Å². The molecule has 0 unspecified atom stereocenters. The van der Waals surface area contributed by atoms with Gasteiger partial charge in [-0.15, -0.1) is 0 Å². The predicted molar refractivity (Wildman–Crippen MR) is 84.8 cm³/mol. The molecule has 2 rings (SSSR count). The first kappa shape index (κ1) is 17.1. The second-order valence-electron chi connectivity index (χ2n) is 6.39. The lowest BCUT2D eigenvalue weighted by atomic mass is 9.79. The van der Waals surface area contributed by atoms with Crippen LogP contribution in [0.2, 0.25) is 0 Å². The van der Waals surface area contributed by atoms with Gasteiger partial charge in [0.1, 0.15) is 0 Å². The highest BCUT2D eigenvalue weighted by Crippen LogP contribution is 2.37. The van der Waals surface area contributed by atoms with Gasteiger partial charge in [0.2, 0.25) is 0 Å². The van der Waals surface area contributed by atoms with Gasteiger partial charge in [0.05, 0.1) is 31.6 Å². The van der Waals surface area contributed by atoms with Crippen molar-refractivity contribution in [2.75, 3.05) is 20.4 Å². The number of ether oxygens (including phenoxy) is 2. The molecule has 6 heteroatoms. The Kier molecular flexibility index (Phi) is 5.02. The molecule has 1 heterocycles. The van der Waals surface area contributed by atoms with Gasteiger partial charge >= 0.3 is 7.12 Å². The van der Waals surface area contributed by atoms with Crippen molar-refractivity contribution in [2.24, 2.45) is 0 Å². The van der Waals surface area contributed by atoms with E-state index in [1.807, 2.05) is 45.9 Å². The Morgan fingerprint density at radius 3 is 2.27 bits per heavy atom. The first-order chi connectivity index (χ1) is 10.3. The monoisotopic (exact) mass is 310 g/mol. The van der Waals surface area contributed by atoms with Crippen LogP contribution in [0.3, 0.4) is 0 Å². The highest BCUT2D eigenvalue weighted by atomic mass is 19.1. The highest BCUT2D eigenvalue weighted by Gasteiger charge is 2.51. The van der Waals surface area contributed by atoms with Crippen molar-refractivity contribution in [2.45, 2.75) is 45.3 Å². The van der Waals surface area contributed by atoms with E-state index in [1.54, 1.807) is 7.11 Å². The van der Waals surface area contributed by atoms with Gasteiger partial charge in [-0.3, -0.25) is 4.39 Å². The standard InChI is InChI=1S/C16H24BFO4/c1-15(2)16(3,4)22-17(21-15)12-7-8-13(19-5)14(11-12)20-10-6-9-18/h7-8,11H,6,9-10H2,1-5H3. The van der Waals surface area contributed by atoms with Crippen LogP contribution < -0.4 is 14.9 Å². The van der Waals surface area contributed by atoms with Crippen molar-refractivity contribution in [1.29, 1.82) is 0 Å². The molecular weight excluding hydrogens is 286 g/mol. The van der Waals surface area contributed by atoms with Crippen LogP contribution in [0.1, 0.15) is 34.1 Å². The normalized spacial score (nSPS) is 19.3. The summed E-state index contributed by atoms with van der Waals surface area (Å²) in [5, 5.41) is 0. The van der Waals surface area contributed by atoms with Crippen LogP contribution in [0.5, 0.6) is 11.5 Å². The van der Waals surface area contributed by atoms with Crippen molar-refractivity contribution in [1.82, 2.24) is 0 Å². The van der Waals surface area contributed by atoms with Gasteiger partial charge in [0.15, 0.2) is 11.5 Å². The molecule has 1 saturated heterocycles. The average molecular weight is 310 g/mol. The van der Waals surface area contributed by atoms with Crippen LogP contribution in [-0.2, 0) is 9.31 Å². The fourth-order valence-corrected chi connectivity index (χ4v) is 2.17. The second-order valence-corrected chi connectivity index (χ2v) is 6.39. The Morgan fingerprint density at radius 2 is 1.73 bits per heavy atom. The molecule has 122 valence electrons. The molecule has 0 saturated carbocycles. The Labute approximate surface area is 132 Å². The third kappa shape index (κ3) is 3.38. The van der Waals surface area contributed by atoms with E-state index < -0.39 is 25.0 Å². The molecule has 0 bridgehead atoms. The third-order valence-electron chi connectivity index (χ3n) is 4.25. The molecule has 4 nitrogen and oxygen atoms in total. The average Bonchev–Trinajstić information content (AvgIpc) is 2.67. The summed E-state index contributed by atoms with van der Waals surface area (Å²) in [5.41, 5.74) is 0.0642. The molecular formula is C16H24BFO4.